The predicted molar refractivity (Wildman–Crippen MR) is 144 cm³/mol. The fourth-order valence-electron chi connectivity index (χ4n) is 6.97. The van der Waals surface area contributed by atoms with Gasteiger partial charge in [-0.1, -0.05) is 44.2 Å². The number of nitrogens with one attached hydrogen (secondary N) is 2. The van der Waals surface area contributed by atoms with Gasteiger partial charge in [-0.2, -0.15) is 0 Å². The number of fused-ring (bicyclic) bond motifs is 1. The SMILES string of the molecule is CC[C@@H](CO)N1C(=O)[C@@H]2[C@H](C(=O)Nc3ccccc3)[C@]3(CC)CCC2(O3)C1C(=O)Nc1cc(C)ccc1C. The molecule has 2 aromatic rings. The first-order valence-corrected chi connectivity index (χ1v) is 13.6. The highest BCUT2D eigenvalue weighted by atomic mass is 16.5. The van der Waals surface area contributed by atoms with E-state index < -0.39 is 35.1 Å². The molecule has 2 bridgehead atoms. The van der Waals surface area contributed by atoms with Gasteiger partial charge in [0.1, 0.15) is 11.6 Å². The van der Waals surface area contributed by atoms with Crippen molar-refractivity contribution in [1.29, 1.82) is 0 Å². The van der Waals surface area contributed by atoms with E-state index in [4.69, 9.17) is 4.74 Å². The van der Waals surface area contributed by atoms with E-state index in [9.17, 15) is 19.5 Å². The zero-order valence-electron chi connectivity index (χ0n) is 22.5. The summed E-state index contributed by atoms with van der Waals surface area (Å²) in [5.41, 5.74) is 1.26. The van der Waals surface area contributed by atoms with Gasteiger partial charge in [-0.3, -0.25) is 14.4 Å². The number of anilines is 2. The monoisotopic (exact) mass is 519 g/mol. The molecule has 0 saturated carbocycles. The third-order valence-corrected chi connectivity index (χ3v) is 8.92. The number of benzene rings is 2. The van der Waals surface area contributed by atoms with Crippen LogP contribution in [0.4, 0.5) is 11.4 Å². The molecule has 3 saturated heterocycles. The van der Waals surface area contributed by atoms with Crippen molar-refractivity contribution in [2.24, 2.45) is 11.8 Å². The Kier molecular flexibility index (Phi) is 6.82. The van der Waals surface area contributed by atoms with Crippen LogP contribution in [0.3, 0.4) is 0 Å². The van der Waals surface area contributed by atoms with Crippen molar-refractivity contribution in [3.63, 3.8) is 0 Å². The van der Waals surface area contributed by atoms with Crippen LogP contribution in [-0.2, 0) is 19.1 Å². The summed E-state index contributed by atoms with van der Waals surface area (Å²) in [7, 11) is 0. The molecule has 0 aliphatic carbocycles. The second-order valence-electron chi connectivity index (χ2n) is 11.0. The van der Waals surface area contributed by atoms with Crippen LogP contribution in [0.5, 0.6) is 0 Å². The van der Waals surface area contributed by atoms with E-state index in [2.05, 4.69) is 10.6 Å². The highest BCUT2D eigenvalue weighted by Crippen LogP contribution is 2.64. The molecular weight excluding hydrogens is 482 g/mol. The number of aliphatic hydroxyl groups excluding tert-OH is 1. The van der Waals surface area contributed by atoms with E-state index in [1.165, 1.54) is 4.90 Å². The molecule has 1 spiro atoms. The molecule has 2 unspecified atom stereocenters. The lowest BCUT2D eigenvalue weighted by atomic mass is 9.65. The Morgan fingerprint density at radius 1 is 1.08 bits per heavy atom. The lowest BCUT2D eigenvalue weighted by Crippen LogP contribution is -2.56. The molecule has 3 fully saturated rings. The van der Waals surface area contributed by atoms with Crippen molar-refractivity contribution in [2.75, 3.05) is 17.2 Å². The summed E-state index contributed by atoms with van der Waals surface area (Å²) in [5, 5.41) is 16.3. The van der Waals surface area contributed by atoms with Crippen molar-refractivity contribution in [3.05, 3.63) is 59.7 Å². The number of carbonyl (C=O) groups is 3. The summed E-state index contributed by atoms with van der Waals surface area (Å²) < 4.78 is 6.79. The van der Waals surface area contributed by atoms with Gasteiger partial charge in [0.05, 0.1) is 30.1 Å². The number of hydrogen-bond donors (Lipinski definition) is 3. The Balaban J connectivity index is 1.57. The van der Waals surface area contributed by atoms with Crippen molar-refractivity contribution in [1.82, 2.24) is 4.90 Å². The first-order chi connectivity index (χ1) is 18.2. The molecule has 3 aliphatic rings. The molecule has 3 heterocycles. The first-order valence-electron chi connectivity index (χ1n) is 13.6. The van der Waals surface area contributed by atoms with Crippen LogP contribution in [0.25, 0.3) is 0 Å². The fourth-order valence-corrected chi connectivity index (χ4v) is 6.97. The molecule has 3 amide bonds. The van der Waals surface area contributed by atoms with E-state index in [1.807, 2.05) is 76.2 Å². The predicted octanol–water partition coefficient (Wildman–Crippen LogP) is 3.81. The van der Waals surface area contributed by atoms with Crippen molar-refractivity contribution >= 4 is 29.1 Å². The molecule has 38 heavy (non-hydrogen) atoms. The van der Waals surface area contributed by atoms with Gasteiger partial charge in [0.25, 0.3) is 0 Å². The molecule has 8 nitrogen and oxygen atoms in total. The molecule has 6 atom stereocenters. The van der Waals surface area contributed by atoms with Gasteiger partial charge in [0.2, 0.25) is 17.7 Å². The number of rotatable bonds is 8. The second-order valence-corrected chi connectivity index (χ2v) is 11.0. The van der Waals surface area contributed by atoms with E-state index >= 15 is 0 Å². The Labute approximate surface area is 223 Å². The van der Waals surface area contributed by atoms with Crippen LogP contribution < -0.4 is 10.6 Å². The summed E-state index contributed by atoms with van der Waals surface area (Å²) in [6.07, 6.45) is 2.10. The van der Waals surface area contributed by atoms with E-state index in [-0.39, 0.29) is 24.3 Å². The summed E-state index contributed by atoms with van der Waals surface area (Å²) in [6.45, 7) is 7.45. The maximum Gasteiger partial charge on any atom is 0.250 e. The normalized spacial score (nSPS) is 30.3. The minimum absolute atomic E-state index is 0.273. The average molecular weight is 520 g/mol. The molecule has 0 aromatic heterocycles. The van der Waals surface area contributed by atoms with E-state index in [0.717, 1.165) is 11.1 Å². The molecule has 2 aromatic carbocycles. The van der Waals surface area contributed by atoms with Gasteiger partial charge in [-0.25, -0.2) is 0 Å². The van der Waals surface area contributed by atoms with Gasteiger partial charge in [-0.05, 0) is 68.9 Å². The smallest absolute Gasteiger partial charge is 0.250 e. The number of aryl methyl sites for hydroxylation is 2. The Bertz CT molecular complexity index is 1250. The average Bonchev–Trinajstić information content (AvgIpc) is 3.51. The Morgan fingerprint density at radius 2 is 1.82 bits per heavy atom. The Hall–Kier alpha value is -3.23. The van der Waals surface area contributed by atoms with Crippen LogP contribution in [0.15, 0.2) is 48.5 Å². The maximum absolute atomic E-state index is 14.2. The summed E-state index contributed by atoms with van der Waals surface area (Å²) in [6, 6.07) is 13.5. The summed E-state index contributed by atoms with van der Waals surface area (Å²) in [5.74, 6) is -2.47. The van der Waals surface area contributed by atoms with Crippen LogP contribution in [0.1, 0.15) is 50.7 Å². The number of carbonyl (C=O) groups excluding carboxylic acids is 3. The minimum Gasteiger partial charge on any atom is -0.394 e. The molecule has 8 heteroatoms. The number of amides is 3. The zero-order chi connectivity index (χ0) is 27.2. The minimum atomic E-state index is -1.14. The molecule has 3 N–H and O–H groups in total. The summed E-state index contributed by atoms with van der Waals surface area (Å²) in [4.78, 5) is 43.6. The van der Waals surface area contributed by atoms with Gasteiger partial charge < -0.3 is 25.4 Å². The number of likely N-dealkylation sites (tertiary alicyclic amines) is 1. The standard InChI is InChI=1S/C30H37N3O5/c1-5-21(17-34)33-25(27(36)32-22-16-18(3)12-13-19(22)4)30-15-14-29(6-2,38-30)23(24(30)28(33)37)26(35)31-20-10-8-7-9-11-20/h7-13,16,21,23-25,34H,5-6,14-15,17H2,1-4H3,(H,31,35)(H,32,36)/t21-,23+,24-,25?,29-,30?/m0/s1. The largest absolute Gasteiger partial charge is 0.394 e. The number of para-hydroxylation sites is 1. The van der Waals surface area contributed by atoms with Crippen molar-refractivity contribution in [2.45, 2.75) is 76.7 Å². The zero-order valence-corrected chi connectivity index (χ0v) is 22.5. The van der Waals surface area contributed by atoms with Crippen LogP contribution in [0, 0.1) is 25.7 Å². The van der Waals surface area contributed by atoms with Gasteiger partial charge >= 0.3 is 0 Å². The van der Waals surface area contributed by atoms with E-state index in [0.29, 0.717) is 37.1 Å². The molecule has 3 aliphatic heterocycles. The van der Waals surface area contributed by atoms with Gasteiger partial charge in [-0.15, -0.1) is 0 Å². The van der Waals surface area contributed by atoms with Crippen molar-refractivity contribution < 1.29 is 24.2 Å². The molecule has 5 rings (SSSR count). The first kappa shape index (κ1) is 26.4. The van der Waals surface area contributed by atoms with E-state index in [1.54, 1.807) is 0 Å². The van der Waals surface area contributed by atoms with Gasteiger partial charge in [0.15, 0.2) is 0 Å². The fraction of sp³-hybridized carbons (Fsp3) is 0.500. The number of nitrogens with zero attached hydrogens (tertiary/aromatic N) is 1. The van der Waals surface area contributed by atoms with Crippen LogP contribution in [-0.4, -0.2) is 57.6 Å². The Morgan fingerprint density at radius 3 is 2.47 bits per heavy atom. The van der Waals surface area contributed by atoms with Crippen LogP contribution >= 0.6 is 0 Å². The second kappa shape index (κ2) is 9.82. The third-order valence-electron chi connectivity index (χ3n) is 8.92. The number of hydrogen-bond acceptors (Lipinski definition) is 5. The highest BCUT2D eigenvalue weighted by Gasteiger charge is 2.79. The summed E-state index contributed by atoms with van der Waals surface area (Å²) >= 11 is 0. The topological polar surface area (TPSA) is 108 Å². The van der Waals surface area contributed by atoms with Gasteiger partial charge in [0, 0.05) is 11.4 Å². The lowest BCUT2D eigenvalue weighted by Gasteiger charge is -2.37. The number of ether oxygens (including phenoxy) is 1. The molecule has 0 radical (unpaired) electrons. The quantitative estimate of drug-likeness (QED) is 0.492. The molecule has 202 valence electrons. The third kappa shape index (κ3) is 3.93. The maximum atomic E-state index is 14.2. The number of aliphatic hydroxyl groups is 1. The van der Waals surface area contributed by atoms with Crippen molar-refractivity contribution in [3.8, 4) is 0 Å². The molecular formula is C30H37N3O5. The lowest BCUT2D eigenvalue weighted by molar-refractivity contribution is -0.148. The highest BCUT2D eigenvalue weighted by molar-refractivity contribution is 6.05. The van der Waals surface area contributed by atoms with Crippen LogP contribution in [0.2, 0.25) is 0 Å².